The third-order valence-corrected chi connectivity index (χ3v) is 8.26. The fourth-order valence-electron chi connectivity index (χ4n) is 3.88. The Morgan fingerprint density at radius 3 is 2.41 bits per heavy atom. The molecule has 34 heavy (non-hydrogen) atoms. The normalized spacial score (nSPS) is 19.8. The van der Waals surface area contributed by atoms with Crippen LogP contribution in [0.2, 0.25) is 0 Å². The van der Waals surface area contributed by atoms with Crippen LogP contribution >= 0.6 is 11.3 Å². The second-order valence-corrected chi connectivity index (χ2v) is 11.2. The minimum atomic E-state index is -4.47. The fraction of sp³-hybridized carbons (Fsp3) is 0.381. The van der Waals surface area contributed by atoms with Crippen molar-refractivity contribution in [1.29, 1.82) is 0 Å². The van der Waals surface area contributed by atoms with Crippen molar-refractivity contribution in [2.45, 2.75) is 31.3 Å². The van der Waals surface area contributed by atoms with Gasteiger partial charge in [-0.3, -0.25) is 10.1 Å². The summed E-state index contributed by atoms with van der Waals surface area (Å²) >= 11 is 0.962. The van der Waals surface area contributed by atoms with Gasteiger partial charge in [0.25, 0.3) is 5.91 Å². The first-order valence-electron chi connectivity index (χ1n) is 10.3. The number of halogens is 3. The molecule has 0 bridgehead atoms. The highest BCUT2D eigenvalue weighted by molar-refractivity contribution is 7.89. The summed E-state index contributed by atoms with van der Waals surface area (Å²) in [4.78, 5) is 12.7. The third-order valence-electron chi connectivity index (χ3n) is 5.38. The molecule has 2 atom stereocenters. The Bertz CT molecular complexity index is 1280. The van der Waals surface area contributed by atoms with E-state index in [0.717, 1.165) is 29.9 Å². The predicted octanol–water partition coefficient (Wildman–Crippen LogP) is 4.74. The van der Waals surface area contributed by atoms with Gasteiger partial charge in [0.2, 0.25) is 15.9 Å². The van der Waals surface area contributed by atoms with Crippen LogP contribution < -0.4 is 5.32 Å². The van der Waals surface area contributed by atoms with Gasteiger partial charge in [-0.05, 0) is 48.6 Å². The van der Waals surface area contributed by atoms with E-state index in [9.17, 15) is 26.4 Å². The molecule has 4 rings (SSSR count). The number of carbonyl (C=O) groups excluding carboxylic acids is 1. The molecule has 0 spiro atoms. The van der Waals surface area contributed by atoms with Crippen LogP contribution in [0.1, 0.15) is 35.5 Å². The molecule has 182 valence electrons. The molecule has 1 aliphatic heterocycles. The number of carbonyl (C=O) groups is 1. The third kappa shape index (κ3) is 5.15. The van der Waals surface area contributed by atoms with E-state index in [1.54, 1.807) is 0 Å². The largest absolute Gasteiger partial charge is 0.416 e. The number of rotatable bonds is 5. The fourth-order valence-corrected chi connectivity index (χ4v) is 6.71. The van der Waals surface area contributed by atoms with Crippen molar-refractivity contribution in [2.75, 3.05) is 18.4 Å². The molecule has 0 saturated carbocycles. The van der Waals surface area contributed by atoms with Gasteiger partial charge in [-0.25, -0.2) is 8.42 Å². The molecule has 3 heterocycles. The number of piperidine rings is 1. The number of hydrogen-bond donors (Lipinski definition) is 1. The monoisotopic (exact) mass is 514 g/mol. The topological polar surface area (TPSA) is 105 Å². The van der Waals surface area contributed by atoms with Crippen molar-refractivity contribution >= 4 is 33.3 Å². The second-order valence-electron chi connectivity index (χ2n) is 8.36. The van der Waals surface area contributed by atoms with Crippen LogP contribution in [0.5, 0.6) is 0 Å². The average molecular weight is 515 g/mol. The van der Waals surface area contributed by atoms with E-state index in [4.69, 9.17) is 4.42 Å². The number of nitrogens with one attached hydrogen (secondary N) is 1. The first-order chi connectivity index (χ1) is 15.9. The van der Waals surface area contributed by atoms with E-state index in [0.29, 0.717) is 13.1 Å². The molecule has 13 heteroatoms. The highest BCUT2D eigenvalue weighted by Crippen LogP contribution is 2.32. The Hall–Kier alpha value is -2.77. The number of amides is 1. The average Bonchev–Trinajstić information content (AvgIpc) is 3.43. The standard InChI is InChI=1S/C21H21F3N4O4S2/c1-12-7-13(2)10-28(9-12)34(30,31)16-8-17(33-11-16)18(29)25-20-27-26-19(32-20)14-3-5-15(6-4-14)21(22,23)24/h3-6,8,11-13H,7,9-10H2,1-2H3,(H,25,27,29)/t12-,13+. The van der Waals surface area contributed by atoms with E-state index in [1.807, 2.05) is 13.8 Å². The van der Waals surface area contributed by atoms with Gasteiger partial charge in [0.15, 0.2) is 0 Å². The first kappa shape index (κ1) is 24.4. The Kier molecular flexibility index (Phi) is 6.53. The highest BCUT2D eigenvalue weighted by atomic mass is 32.2. The lowest BCUT2D eigenvalue weighted by Crippen LogP contribution is -2.42. The predicted molar refractivity (Wildman–Crippen MR) is 119 cm³/mol. The quantitative estimate of drug-likeness (QED) is 0.528. The lowest BCUT2D eigenvalue weighted by molar-refractivity contribution is -0.137. The lowest BCUT2D eigenvalue weighted by Gasteiger charge is -2.33. The van der Waals surface area contributed by atoms with Crippen LogP contribution in [-0.2, 0) is 16.2 Å². The minimum absolute atomic E-state index is 0.0416. The van der Waals surface area contributed by atoms with Crippen LogP contribution in [0.3, 0.4) is 0 Å². The maximum Gasteiger partial charge on any atom is 0.416 e. The van der Waals surface area contributed by atoms with Crippen molar-refractivity contribution in [3.63, 3.8) is 0 Å². The molecular weight excluding hydrogens is 493 g/mol. The van der Waals surface area contributed by atoms with Gasteiger partial charge < -0.3 is 4.42 Å². The Labute approximate surface area is 197 Å². The van der Waals surface area contributed by atoms with Crippen LogP contribution in [0.15, 0.2) is 45.0 Å². The van der Waals surface area contributed by atoms with Crippen LogP contribution in [-0.4, -0.2) is 41.9 Å². The van der Waals surface area contributed by atoms with Gasteiger partial charge >= 0.3 is 12.2 Å². The molecule has 0 aliphatic carbocycles. The SMILES string of the molecule is C[C@@H]1C[C@H](C)CN(S(=O)(=O)c2csc(C(=O)Nc3nnc(-c4ccc(C(F)(F)F)cc4)o3)c2)C1. The van der Waals surface area contributed by atoms with Crippen molar-refractivity contribution in [1.82, 2.24) is 14.5 Å². The van der Waals surface area contributed by atoms with Crippen molar-refractivity contribution in [3.05, 3.63) is 46.2 Å². The zero-order chi connectivity index (χ0) is 24.7. The minimum Gasteiger partial charge on any atom is -0.403 e. The van der Waals surface area contributed by atoms with E-state index in [2.05, 4.69) is 15.5 Å². The Morgan fingerprint density at radius 2 is 1.79 bits per heavy atom. The van der Waals surface area contributed by atoms with E-state index >= 15 is 0 Å². The smallest absolute Gasteiger partial charge is 0.403 e. The Morgan fingerprint density at radius 1 is 1.15 bits per heavy atom. The first-order valence-corrected chi connectivity index (χ1v) is 12.7. The molecule has 3 aromatic rings. The lowest BCUT2D eigenvalue weighted by atomic mass is 9.94. The number of alkyl halides is 3. The van der Waals surface area contributed by atoms with Crippen molar-refractivity contribution < 1.29 is 30.8 Å². The number of anilines is 1. The zero-order valence-electron chi connectivity index (χ0n) is 18.2. The summed E-state index contributed by atoms with van der Waals surface area (Å²) < 4.78 is 70.9. The number of thiophene rings is 1. The molecule has 1 saturated heterocycles. The second kappa shape index (κ2) is 9.12. The van der Waals surface area contributed by atoms with Crippen LogP contribution in [0.25, 0.3) is 11.5 Å². The number of benzene rings is 1. The van der Waals surface area contributed by atoms with E-state index in [1.165, 1.54) is 27.9 Å². The number of hydrogen-bond acceptors (Lipinski definition) is 7. The van der Waals surface area contributed by atoms with E-state index < -0.39 is 27.7 Å². The summed E-state index contributed by atoms with van der Waals surface area (Å²) in [7, 11) is -3.73. The number of sulfonamides is 1. The molecular formula is C21H21F3N4O4S2. The molecule has 1 fully saturated rings. The summed E-state index contributed by atoms with van der Waals surface area (Å²) in [6, 6.07) is 5.16. The summed E-state index contributed by atoms with van der Waals surface area (Å²) in [5.41, 5.74) is -0.572. The maximum atomic E-state index is 13.0. The summed E-state index contributed by atoms with van der Waals surface area (Å²) in [6.45, 7) is 4.87. The Balaban J connectivity index is 1.45. The molecule has 0 radical (unpaired) electrons. The molecule has 0 unspecified atom stereocenters. The van der Waals surface area contributed by atoms with Gasteiger partial charge in [0.05, 0.1) is 15.3 Å². The molecule has 1 amide bonds. The number of nitrogens with zero attached hydrogens (tertiary/aromatic N) is 3. The summed E-state index contributed by atoms with van der Waals surface area (Å²) in [6.07, 6.45) is -3.51. The van der Waals surface area contributed by atoms with Gasteiger partial charge in [-0.2, -0.15) is 17.5 Å². The van der Waals surface area contributed by atoms with Crippen LogP contribution in [0.4, 0.5) is 19.2 Å². The maximum absolute atomic E-state index is 13.0. The summed E-state index contributed by atoms with van der Waals surface area (Å²) in [5, 5.41) is 11.2. The van der Waals surface area contributed by atoms with Gasteiger partial charge in [0.1, 0.15) is 0 Å². The molecule has 1 aromatic carbocycles. The van der Waals surface area contributed by atoms with Crippen molar-refractivity contribution in [3.8, 4) is 11.5 Å². The number of aromatic nitrogens is 2. The molecule has 1 N–H and O–H groups in total. The summed E-state index contributed by atoms with van der Waals surface area (Å²) in [5.74, 6) is -0.228. The highest BCUT2D eigenvalue weighted by Gasteiger charge is 2.33. The van der Waals surface area contributed by atoms with Gasteiger partial charge in [-0.1, -0.05) is 18.9 Å². The van der Waals surface area contributed by atoms with Gasteiger partial charge in [0, 0.05) is 24.0 Å². The molecule has 2 aromatic heterocycles. The van der Waals surface area contributed by atoms with Crippen LogP contribution in [0, 0.1) is 11.8 Å². The van der Waals surface area contributed by atoms with Gasteiger partial charge in [-0.15, -0.1) is 16.4 Å². The van der Waals surface area contributed by atoms with E-state index in [-0.39, 0.29) is 39.1 Å². The zero-order valence-corrected chi connectivity index (χ0v) is 19.8. The molecule has 8 nitrogen and oxygen atoms in total. The van der Waals surface area contributed by atoms with Crippen molar-refractivity contribution in [2.24, 2.45) is 11.8 Å². The molecule has 1 aliphatic rings.